The molecular formula is C12H20N2O3. The molecule has 96 valence electrons. The van der Waals surface area contributed by atoms with Gasteiger partial charge in [0.15, 0.2) is 5.76 Å². The van der Waals surface area contributed by atoms with Crippen LogP contribution >= 0.6 is 0 Å². The van der Waals surface area contributed by atoms with Crippen LogP contribution in [0.2, 0.25) is 0 Å². The van der Waals surface area contributed by atoms with E-state index < -0.39 is 0 Å². The summed E-state index contributed by atoms with van der Waals surface area (Å²) in [6.07, 6.45) is 4.96. The third-order valence-electron chi connectivity index (χ3n) is 3.19. The molecule has 2 atom stereocenters. The van der Waals surface area contributed by atoms with Crippen LogP contribution < -0.4 is 5.73 Å². The Labute approximate surface area is 101 Å². The van der Waals surface area contributed by atoms with E-state index in [2.05, 4.69) is 5.16 Å². The van der Waals surface area contributed by atoms with Crippen LogP contribution in [0.15, 0.2) is 10.6 Å². The van der Waals surface area contributed by atoms with Crippen molar-refractivity contribution < 1.29 is 14.0 Å². The van der Waals surface area contributed by atoms with Crippen LogP contribution in [-0.2, 0) is 22.6 Å². The fourth-order valence-electron chi connectivity index (χ4n) is 2.19. The summed E-state index contributed by atoms with van der Waals surface area (Å²) in [7, 11) is 1.76. The molecule has 5 nitrogen and oxygen atoms in total. The SMILES string of the molecule is COC1CCCC(OCc2cc(CN)no2)C1. The summed E-state index contributed by atoms with van der Waals surface area (Å²) < 4.78 is 16.3. The third-order valence-corrected chi connectivity index (χ3v) is 3.19. The molecule has 0 radical (unpaired) electrons. The van der Waals surface area contributed by atoms with E-state index in [9.17, 15) is 0 Å². The highest BCUT2D eigenvalue weighted by Crippen LogP contribution is 2.23. The zero-order valence-corrected chi connectivity index (χ0v) is 10.2. The van der Waals surface area contributed by atoms with E-state index in [1.807, 2.05) is 6.07 Å². The van der Waals surface area contributed by atoms with Crippen LogP contribution in [0.3, 0.4) is 0 Å². The van der Waals surface area contributed by atoms with Crippen LogP contribution in [-0.4, -0.2) is 24.5 Å². The number of ether oxygens (including phenoxy) is 2. The largest absolute Gasteiger partial charge is 0.381 e. The molecule has 1 aromatic rings. The van der Waals surface area contributed by atoms with Crippen molar-refractivity contribution in [3.05, 3.63) is 17.5 Å². The Morgan fingerprint density at radius 3 is 3.00 bits per heavy atom. The van der Waals surface area contributed by atoms with Gasteiger partial charge in [-0.25, -0.2) is 0 Å². The average molecular weight is 240 g/mol. The van der Waals surface area contributed by atoms with E-state index in [1.165, 1.54) is 0 Å². The molecule has 0 aliphatic heterocycles. The van der Waals surface area contributed by atoms with Gasteiger partial charge in [-0.05, 0) is 25.7 Å². The van der Waals surface area contributed by atoms with E-state index in [0.717, 1.165) is 37.1 Å². The van der Waals surface area contributed by atoms with E-state index in [4.69, 9.17) is 19.7 Å². The fourth-order valence-corrected chi connectivity index (χ4v) is 2.19. The number of nitrogens with zero attached hydrogens (tertiary/aromatic N) is 1. The van der Waals surface area contributed by atoms with Gasteiger partial charge in [-0.2, -0.15) is 0 Å². The first kappa shape index (κ1) is 12.5. The molecule has 0 amide bonds. The van der Waals surface area contributed by atoms with Crippen molar-refractivity contribution in [3.8, 4) is 0 Å². The van der Waals surface area contributed by atoms with Crippen LogP contribution in [0.25, 0.3) is 0 Å². The average Bonchev–Trinajstić information content (AvgIpc) is 2.84. The Hall–Kier alpha value is -0.910. The van der Waals surface area contributed by atoms with Crippen LogP contribution in [0.5, 0.6) is 0 Å². The second-order valence-corrected chi connectivity index (χ2v) is 4.45. The molecule has 5 heteroatoms. The minimum Gasteiger partial charge on any atom is -0.381 e. The summed E-state index contributed by atoms with van der Waals surface area (Å²) in [6.45, 7) is 0.868. The van der Waals surface area contributed by atoms with Gasteiger partial charge < -0.3 is 19.7 Å². The standard InChI is InChI=1S/C12H20N2O3/c1-15-10-3-2-4-11(6-10)16-8-12-5-9(7-13)14-17-12/h5,10-11H,2-4,6-8,13H2,1H3. The van der Waals surface area contributed by atoms with Crippen molar-refractivity contribution in [2.45, 2.75) is 51.0 Å². The Morgan fingerprint density at radius 2 is 2.29 bits per heavy atom. The summed E-state index contributed by atoms with van der Waals surface area (Å²) in [5, 5.41) is 3.82. The molecule has 0 bridgehead atoms. The molecule has 1 aliphatic rings. The molecule has 1 heterocycles. The molecule has 1 aromatic heterocycles. The minimum atomic E-state index is 0.264. The van der Waals surface area contributed by atoms with Gasteiger partial charge >= 0.3 is 0 Å². The van der Waals surface area contributed by atoms with Crippen molar-refractivity contribution in [2.75, 3.05) is 7.11 Å². The molecule has 1 aliphatic carbocycles. The van der Waals surface area contributed by atoms with Gasteiger partial charge in [-0.15, -0.1) is 0 Å². The van der Waals surface area contributed by atoms with Gasteiger partial charge in [-0.3, -0.25) is 0 Å². The predicted molar refractivity (Wildman–Crippen MR) is 62.2 cm³/mol. The number of aromatic nitrogens is 1. The first-order valence-corrected chi connectivity index (χ1v) is 6.10. The molecule has 0 spiro atoms. The summed E-state index contributed by atoms with van der Waals surface area (Å²) in [5.74, 6) is 0.741. The van der Waals surface area contributed by atoms with E-state index in [0.29, 0.717) is 19.3 Å². The van der Waals surface area contributed by atoms with Crippen molar-refractivity contribution in [1.29, 1.82) is 0 Å². The molecule has 0 saturated heterocycles. The van der Waals surface area contributed by atoms with Gasteiger partial charge in [0.05, 0.1) is 17.9 Å². The van der Waals surface area contributed by atoms with Crippen molar-refractivity contribution >= 4 is 0 Å². The second kappa shape index (κ2) is 6.14. The Kier molecular flexibility index (Phi) is 4.53. The summed E-state index contributed by atoms with van der Waals surface area (Å²) in [6, 6.07) is 1.84. The van der Waals surface area contributed by atoms with Crippen molar-refractivity contribution in [2.24, 2.45) is 5.73 Å². The van der Waals surface area contributed by atoms with Gasteiger partial charge in [-0.1, -0.05) is 5.16 Å². The lowest BCUT2D eigenvalue weighted by Crippen LogP contribution is -2.27. The Balaban J connectivity index is 1.77. The first-order valence-electron chi connectivity index (χ1n) is 6.10. The number of nitrogens with two attached hydrogens (primary N) is 1. The van der Waals surface area contributed by atoms with E-state index in [1.54, 1.807) is 7.11 Å². The molecule has 1 fully saturated rings. The number of hydrogen-bond donors (Lipinski definition) is 1. The van der Waals surface area contributed by atoms with Crippen LogP contribution in [0.4, 0.5) is 0 Å². The monoisotopic (exact) mass is 240 g/mol. The zero-order valence-electron chi connectivity index (χ0n) is 10.2. The maximum atomic E-state index is 5.80. The van der Waals surface area contributed by atoms with Gasteiger partial charge in [0.25, 0.3) is 0 Å². The topological polar surface area (TPSA) is 70.5 Å². The lowest BCUT2D eigenvalue weighted by Gasteiger charge is -2.27. The smallest absolute Gasteiger partial charge is 0.162 e. The molecule has 2 rings (SSSR count). The maximum Gasteiger partial charge on any atom is 0.162 e. The van der Waals surface area contributed by atoms with Crippen LogP contribution in [0.1, 0.15) is 37.1 Å². The highest BCUT2D eigenvalue weighted by Gasteiger charge is 2.22. The summed E-state index contributed by atoms with van der Waals surface area (Å²) >= 11 is 0. The fraction of sp³-hybridized carbons (Fsp3) is 0.750. The summed E-state index contributed by atoms with van der Waals surface area (Å²) in [5.41, 5.74) is 6.22. The maximum absolute atomic E-state index is 5.80. The van der Waals surface area contributed by atoms with Crippen LogP contribution in [0, 0.1) is 0 Å². The van der Waals surface area contributed by atoms with Gasteiger partial charge in [0.2, 0.25) is 0 Å². The first-order chi connectivity index (χ1) is 8.31. The molecule has 1 saturated carbocycles. The highest BCUT2D eigenvalue weighted by atomic mass is 16.5. The number of hydrogen-bond acceptors (Lipinski definition) is 5. The number of methoxy groups -OCH3 is 1. The van der Waals surface area contributed by atoms with Crippen molar-refractivity contribution in [1.82, 2.24) is 5.16 Å². The van der Waals surface area contributed by atoms with E-state index in [-0.39, 0.29) is 6.10 Å². The molecular weight excluding hydrogens is 220 g/mol. The predicted octanol–water partition coefficient (Wildman–Crippen LogP) is 1.61. The lowest BCUT2D eigenvalue weighted by atomic mass is 9.95. The molecule has 0 aromatic carbocycles. The zero-order chi connectivity index (χ0) is 12.1. The van der Waals surface area contributed by atoms with Gasteiger partial charge in [0, 0.05) is 19.7 Å². The Morgan fingerprint density at radius 1 is 1.47 bits per heavy atom. The Bertz CT molecular complexity index is 340. The normalized spacial score (nSPS) is 25.1. The molecule has 2 N–H and O–H groups in total. The van der Waals surface area contributed by atoms with Gasteiger partial charge in [0.1, 0.15) is 6.61 Å². The minimum absolute atomic E-state index is 0.264. The van der Waals surface area contributed by atoms with E-state index >= 15 is 0 Å². The molecule has 17 heavy (non-hydrogen) atoms. The highest BCUT2D eigenvalue weighted by molar-refractivity contribution is 5.03. The number of rotatable bonds is 5. The third kappa shape index (κ3) is 3.52. The quantitative estimate of drug-likeness (QED) is 0.846. The van der Waals surface area contributed by atoms with Crippen molar-refractivity contribution in [3.63, 3.8) is 0 Å². The lowest BCUT2D eigenvalue weighted by molar-refractivity contribution is -0.0414. The summed E-state index contributed by atoms with van der Waals surface area (Å²) in [4.78, 5) is 0. The second-order valence-electron chi connectivity index (χ2n) is 4.45. The molecule has 2 unspecified atom stereocenters.